The van der Waals surface area contributed by atoms with Crippen LogP contribution >= 0.6 is 11.6 Å². The molecule has 46 heavy (non-hydrogen) atoms. The fourth-order valence-electron chi connectivity index (χ4n) is 6.55. The van der Waals surface area contributed by atoms with Gasteiger partial charge < -0.3 is 25.0 Å². The van der Waals surface area contributed by atoms with Gasteiger partial charge in [-0.05, 0) is 65.4 Å². The Morgan fingerprint density at radius 3 is 2.76 bits per heavy atom. The Morgan fingerprint density at radius 1 is 1.02 bits per heavy atom. The number of aromatic amines is 1. The topological polar surface area (TPSA) is 139 Å². The van der Waals surface area contributed by atoms with Gasteiger partial charge in [-0.15, -0.1) is 0 Å². The summed E-state index contributed by atoms with van der Waals surface area (Å²) in [4.78, 5) is 47.0. The number of hydrogen-bond acceptors (Lipinski definition) is 7. The number of rotatable bonds is 2. The quantitative estimate of drug-likeness (QED) is 0.305. The first-order valence-corrected chi connectivity index (χ1v) is 15.6. The van der Waals surface area contributed by atoms with E-state index in [1.807, 2.05) is 36.4 Å². The van der Waals surface area contributed by atoms with Gasteiger partial charge in [0.15, 0.2) is 0 Å². The zero-order valence-electron chi connectivity index (χ0n) is 25.3. The second-order valence-electron chi connectivity index (χ2n) is 12.0. The van der Waals surface area contributed by atoms with Crippen LogP contribution in [0.5, 0.6) is 0 Å². The Hall–Kier alpha value is -4.58. The van der Waals surface area contributed by atoms with Crippen molar-refractivity contribution in [3.63, 3.8) is 0 Å². The molecule has 7 rings (SSSR count). The number of aromatic nitrogens is 3. The third-order valence-electron chi connectivity index (χ3n) is 8.99. The van der Waals surface area contributed by atoms with E-state index in [0.29, 0.717) is 67.7 Å². The first kappa shape index (κ1) is 30.1. The van der Waals surface area contributed by atoms with Crippen molar-refractivity contribution in [2.45, 2.75) is 30.7 Å². The maximum absolute atomic E-state index is 13.8. The molecule has 2 atom stereocenters. The van der Waals surface area contributed by atoms with E-state index in [-0.39, 0.29) is 24.1 Å². The van der Waals surface area contributed by atoms with E-state index in [4.69, 9.17) is 21.1 Å². The van der Waals surface area contributed by atoms with E-state index in [1.165, 1.54) is 0 Å². The second kappa shape index (κ2) is 12.3. The van der Waals surface area contributed by atoms with E-state index in [2.05, 4.69) is 25.8 Å². The van der Waals surface area contributed by atoms with E-state index in [0.717, 1.165) is 33.2 Å². The highest BCUT2D eigenvalue weighted by atomic mass is 35.5. The van der Waals surface area contributed by atoms with Crippen LogP contribution in [0.3, 0.4) is 0 Å². The minimum Gasteiger partial charge on any atom is -0.377 e. The number of anilines is 1. The van der Waals surface area contributed by atoms with Crippen molar-refractivity contribution in [2.24, 2.45) is 0 Å². The summed E-state index contributed by atoms with van der Waals surface area (Å²) < 4.78 is 11.4. The molecule has 2 aliphatic heterocycles. The van der Waals surface area contributed by atoms with Crippen LogP contribution < -0.4 is 10.6 Å². The number of H-pyrrole nitrogens is 1. The minimum absolute atomic E-state index is 0.0990. The number of nitrogens with zero attached hydrogens (tertiary/aromatic N) is 3. The molecule has 1 spiro atoms. The van der Waals surface area contributed by atoms with Gasteiger partial charge in [0, 0.05) is 42.7 Å². The number of amides is 3. The van der Waals surface area contributed by atoms with Gasteiger partial charge in [-0.3, -0.25) is 19.5 Å². The van der Waals surface area contributed by atoms with Crippen molar-refractivity contribution in [3.8, 4) is 0 Å². The predicted octanol–water partition coefficient (Wildman–Crippen LogP) is 3.46. The lowest BCUT2D eigenvalue weighted by atomic mass is 9.79. The Morgan fingerprint density at radius 2 is 1.87 bits per heavy atom. The number of carbonyl (C=O) groups excluding carboxylic acids is 3. The SMILES string of the molecule is CN1CCOCCOC/C=C\c2cnc3c(c2)[C@]2(Cc4ccc(cc4C2)C(=O)NC(Cc2cc(Cl)c4[nH]ncc4c2)C1=O)C(=O)N3. The Kier molecular flexibility index (Phi) is 8.06. The lowest BCUT2D eigenvalue weighted by Crippen LogP contribution is -2.49. The lowest BCUT2D eigenvalue weighted by Gasteiger charge is -2.25. The molecule has 0 saturated heterocycles. The van der Waals surface area contributed by atoms with Gasteiger partial charge in [0.25, 0.3) is 5.91 Å². The zero-order valence-corrected chi connectivity index (χ0v) is 26.0. The molecule has 3 N–H and O–H groups in total. The molecule has 0 radical (unpaired) electrons. The number of hydrogen-bond donors (Lipinski definition) is 3. The third-order valence-corrected chi connectivity index (χ3v) is 9.29. The summed E-state index contributed by atoms with van der Waals surface area (Å²) in [5, 5.41) is 14.2. The fourth-order valence-corrected chi connectivity index (χ4v) is 6.85. The molecule has 3 amide bonds. The standard InChI is InChI=1S/C34H33ClN6O5/c1-41-6-8-46-10-9-45-7-2-3-20-12-26-30(36-18-20)39-33(44)34(26)16-23-5-4-22(15-24(23)17-34)31(42)38-28(32(41)43)14-21-11-25-19-37-40-29(25)27(35)13-21/h2-5,11-13,15,18-19,28H,6-10,14,16-17H2,1H3,(H,37,40)(H,38,42)(H,36,39,44)/b3-2-/t28?,34-/m1/s1. The minimum atomic E-state index is -0.873. The normalized spacial score (nSPS) is 22.8. The van der Waals surface area contributed by atoms with Gasteiger partial charge in [-0.2, -0.15) is 5.10 Å². The number of carbonyl (C=O) groups is 3. The van der Waals surface area contributed by atoms with Gasteiger partial charge in [0.1, 0.15) is 11.9 Å². The number of pyridine rings is 1. The average Bonchev–Trinajstić information content (AvgIpc) is 3.75. The molecule has 4 heterocycles. The van der Waals surface area contributed by atoms with Crippen LogP contribution in [0, 0.1) is 0 Å². The Labute approximate surface area is 270 Å². The summed E-state index contributed by atoms with van der Waals surface area (Å²) in [6, 6.07) is 10.3. The first-order chi connectivity index (χ1) is 22.3. The number of benzene rings is 2. The van der Waals surface area contributed by atoms with Crippen LogP contribution in [0.4, 0.5) is 5.82 Å². The van der Waals surface area contributed by atoms with Gasteiger partial charge in [0.05, 0.1) is 48.6 Å². The molecule has 236 valence electrons. The number of nitrogens with one attached hydrogen (secondary N) is 3. The number of fused-ring (bicyclic) bond motifs is 3. The van der Waals surface area contributed by atoms with Gasteiger partial charge in [0.2, 0.25) is 11.8 Å². The molecule has 3 aliphatic rings. The molecular weight excluding hydrogens is 608 g/mol. The van der Waals surface area contributed by atoms with E-state index in [9.17, 15) is 14.4 Å². The van der Waals surface area contributed by atoms with Crippen LogP contribution in [-0.4, -0.2) is 83.9 Å². The maximum atomic E-state index is 13.8. The highest BCUT2D eigenvalue weighted by Crippen LogP contribution is 2.47. The van der Waals surface area contributed by atoms with E-state index >= 15 is 0 Å². The van der Waals surface area contributed by atoms with Crippen molar-refractivity contribution < 1.29 is 23.9 Å². The largest absolute Gasteiger partial charge is 0.377 e. The van der Waals surface area contributed by atoms with Crippen molar-refractivity contribution in [2.75, 3.05) is 45.3 Å². The zero-order chi connectivity index (χ0) is 31.8. The van der Waals surface area contributed by atoms with Crippen LogP contribution in [0.2, 0.25) is 5.02 Å². The summed E-state index contributed by atoms with van der Waals surface area (Å²) in [7, 11) is 1.69. The summed E-state index contributed by atoms with van der Waals surface area (Å²) in [6.45, 7) is 1.80. The molecular formula is C34H33ClN6O5. The van der Waals surface area contributed by atoms with Crippen molar-refractivity contribution in [1.29, 1.82) is 0 Å². The highest BCUT2D eigenvalue weighted by molar-refractivity contribution is 6.35. The first-order valence-electron chi connectivity index (χ1n) is 15.2. The molecule has 11 nitrogen and oxygen atoms in total. The molecule has 2 aromatic carbocycles. The number of halogens is 1. The smallest absolute Gasteiger partial charge is 0.251 e. The molecule has 1 aliphatic carbocycles. The van der Waals surface area contributed by atoms with Crippen LogP contribution in [0.15, 0.2) is 54.9 Å². The number of ether oxygens (including phenoxy) is 2. The summed E-state index contributed by atoms with van der Waals surface area (Å²) >= 11 is 6.49. The van der Waals surface area contributed by atoms with E-state index < -0.39 is 11.5 Å². The van der Waals surface area contributed by atoms with Crippen LogP contribution in [-0.2, 0) is 43.7 Å². The third kappa shape index (κ3) is 5.66. The maximum Gasteiger partial charge on any atom is 0.251 e. The molecule has 2 aromatic heterocycles. The lowest BCUT2D eigenvalue weighted by molar-refractivity contribution is -0.132. The fraction of sp³-hybridized carbons (Fsp3) is 0.324. The molecule has 5 bridgehead atoms. The Bertz CT molecular complexity index is 1890. The summed E-state index contributed by atoms with van der Waals surface area (Å²) in [5.74, 6) is -0.175. The number of likely N-dealkylation sites (N-methyl/N-ethyl adjacent to an activating group) is 1. The molecule has 1 unspecified atom stereocenters. The predicted molar refractivity (Wildman–Crippen MR) is 173 cm³/mol. The monoisotopic (exact) mass is 640 g/mol. The van der Waals surface area contributed by atoms with E-state index in [1.54, 1.807) is 36.5 Å². The highest BCUT2D eigenvalue weighted by Gasteiger charge is 2.51. The molecule has 0 saturated carbocycles. The Balaban J connectivity index is 1.20. The van der Waals surface area contributed by atoms with Crippen molar-refractivity contribution in [1.82, 2.24) is 25.4 Å². The summed E-state index contributed by atoms with van der Waals surface area (Å²) in [6.07, 6.45) is 8.40. The van der Waals surface area contributed by atoms with Gasteiger partial charge in [-0.1, -0.05) is 29.8 Å². The molecule has 4 aromatic rings. The van der Waals surface area contributed by atoms with Crippen LogP contribution in [0.25, 0.3) is 17.0 Å². The molecule has 12 heteroatoms. The van der Waals surface area contributed by atoms with Crippen LogP contribution in [0.1, 0.15) is 38.2 Å². The summed E-state index contributed by atoms with van der Waals surface area (Å²) in [5.41, 5.74) is 4.74. The molecule has 0 fully saturated rings. The van der Waals surface area contributed by atoms with Gasteiger partial charge >= 0.3 is 0 Å². The second-order valence-corrected chi connectivity index (χ2v) is 12.4. The van der Waals surface area contributed by atoms with Crippen molar-refractivity contribution >= 4 is 52.1 Å². The average molecular weight is 641 g/mol. The van der Waals surface area contributed by atoms with Gasteiger partial charge in [-0.25, -0.2) is 4.98 Å². The van der Waals surface area contributed by atoms with Crippen molar-refractivity contribution in [3.05, 3.63) is 93.3 Å².